The fraction of sp³-hybridized carbons (Fsp3) is 0.235. The minimum Gasteiger partial charge on any atom is -0.384 e. The van der Waals surface area contributed by atoms with E-state index in [0.717, 1.165) is 29.9 Å². The van der Waals surface area contributed by atoms with Crippen molar-refractivity contribution in [3.8, 4) is 0 Å². The number of hydrogen-bond donors (Lipinski definition) is 2. The van der Waals surface area contributed by atoms with Gasteiger partial charge in [-0.05, 0) is 31.0 Å². The van der Waals surface area contributed by atoms with Crippen molar-refractivity contribution >= 4 is 16.6 Å². The average molecular weight is 281 g/mol. The molecule has 4 nitrogen and oxygen atoms in total. The Morgan fingerprint density at radius 1 is 1.24 bits per heavy atom. The van der Waals surface area contributed by atoms with E-state index in [1.807, 2.05) is 19.1 Å². The molecule has 0 radical (unpaired) electrons. The number of nitrogens with one attached hydrogen (secondary N) is 2. The van der Waals surface area contributed by atoms with Gasteiger partial charge in [-0.15, -0.1) is 0 Å². The summed E-state index contributed by atoms with van der Waals surface area (Å²) in [5.74, 6) is 0. The Morgan fingerprint density at radius 3 is 2.86 bits per heavy atom. The summed E-state index contributed by atoms with van der Waals surface area (Å²) in [6.45, 7) is 2.74. The number of rotatable bonds is 4. The van der Waals surface area contributed by atoms with Crippen LogP contribution in [0.15, 0.2) is 47.4 Å². The number of anilines is 1. The van der Waals surface area contributed by atoms with Gasteiger partial charge in [-0.3, -0.25) is 4.79 Å². The van der Waals surface area contributed by atoms with Crippen LogP contribution in [0.2, 0.25) is 0 Å². The van der Waals surface area contributed by atoms with Crippen LogP contribution in [0.25, 0.3) is 10.9 Å². The van der Waals surface area contributed by atoms with Gasteiger partial charge in [0.2, 0.25) is 0 Å². The highest BCUT2D eigenvalue weighted by atomic mass is 16.1. The van der Waals surface area contributed by atoms with Gasteiger partial charge < -0.3 is 14.9 Å². The zero-order chi connectivity index (χ0) is 14.8. The van der Waals surface area contributed by atoms with E-state index in [4.69, 9.17) is 0 Å². The third kappa shape index (κ3) is 2.70. The van der Waals surface area contributed by atoms with Crippen LogP contribution in [0.4, 0.5) is 5.69 Å². The summed E-state index contributed by atoms with van der Waals surface area (Å²) in [4.78, 5) is 15.0. The molecule has 0 amide bonds. The van der Waals surface area contributed by atoms with E-state index in [0.29, 0.717) is 0 Å². The monoisotopic (exact) mass is 281 g/mol. The molecule has 0 fully saturated rings. The predicted octanol–water partition coefficient (Wildman–Crippen LogP) is 2.83. The molecule has 21 heavy (non-hydrogen) atoms. The minimum absolute atomic E-state index is 0.0181. The maximum absolute atomic E-state index is 11.7. The summed E-state index contributed by atoms with van der Waals surface area (Å²) in [5, 5.41) is 4.59. The van der Waals surface area contributed by atoms with Crippen molar-refractivity contribution in [3.63, 3.8) is 0 Å². The number of fused-ring (bicyclic) bond motifs is 1. The second kappa shape index (κ2) is 5.48. The van der Waals surface area contributed by atoms with Crippen LogP contribution in [0.5, 0.6) is 0 Å². The molecule has 1 aromatic carbocycles. The van der Waals surface area contributed by atoms with Crippen LogP contribution in [-0.4, -0.2) is 16.1 Å². The zero-order valence-corrected chi connectivity index (χ0v) is 12.3. The van der Waals surface area contributed by atoms with Crippen molar-refractivity contribution in [2.75, 3.05) is 11.9 Å². The molecular weight excluding hydrogens is 262 g/mol. The van der Waals surface area contributed by atoms with Gasteiger partial charge in [0.25, 0.3) is 5.56 Å². The molecule has 3 aromatic rings. The van der Waals surface area contributed by atoms with E-state index in [9.17, 15) is 4.79 Å². The first kappa shape index (κ1) is 13.5. The second-order valence-corrected chi connectivity index (χ2v) is 5.32. The van der Waals surface area contributed by atoms with Crippen LogP contribution in [0.3, 0.4) is 0 Å². The molecule has 2 N–H and O–H groups in total. The van der Waals surface area contributed by atoms with E-state index in [1.54, 1.807) is 17.7 Å². The predicted molar refractivity (Wildman–Crippen MR) is 86.9 cm³/mol. The number of H-pyrrole nitrogens is 1. The van der Waals surface area contributed by atoms with Gasteiger partial charge in [-0.1, -0.05) is 18.2 Å². The smallest absolute Gasteiger partial charge is 0.252 e. The van der Waals surface area contributed by atoms with Crippen molar-refractivity contribution in [1.82, 2.24) is 9.55 Å². The molecule has 2 aromatic heterocycles. The molecule has 0 aliphatic rings. The highest BCUT2D eigenvalue weighted by Crippen LogP contribution is 2.18. The lowest BCUT2D eigenvalue weighted by molar-refractivity contribution is 0.818. The Kier molecular flexibility index (Phi) is 3.52. The molecule has 0 aliphatic heterocycles. The molecule has 0 atom stereocenters. The van der Waals surface area contributed by atoms with E-state index < -0.39 is 0 Å². The van der Waals surface area contributed by atoms with Crippen molar-refractivity contribution in [2.24, 2.45) is 7.05 Å². The highest BCUT2D eigenvalue weighted by molar-refractivity contribution is 5.83. The Morgan fingerprint density at radius 2 is 2.05 bits per heavy atom. The van der Waals surface area contributed by atoms with Crippen molar-refractivity contribution in [2.45, 2.75) is 13.3 Å². The number of aryl methyl sites for hydroxylation is 1. The zero-order valence-electron chi connectivity index (χ0n) is 12.3. The largest absolute Gasteiger partial charge is 0.384 e. The third-order valence-corrected chi connectivity index (χ3v) is 3.90. The average Bonchev–Trinajstić information content (AvgIpc) is 2.88. The van der Waals surface area contributed by atoms with Crippen molar-refractivity contribution in [1.29, 1.82) is 0 Å². The number of hydrogen-bond acceptors (Lipinski definition) is 2. The Bertz CT molecular complexity index is 829. The van der Waals surface area contributed by atoms with E-state index in [-0.39, 0.29) is 5.56 Å². The molecule has 0 saturated heterocycles. The fourth-order valence-electron chi connectivity index (χ4n) is 2.55. The van der Waals surface area contributed by atoms with Gasteiger partial charge >= 0.3 is 0 Å². The SMILES string of the molecule is Cc1cc(NCCc2c[nH]c3ccccc23)cc(=O)n1C. The number of para-hydroxylation sites is 1. The Hall–Kier alpha value is -2.49. The van der Waals surface area contributed by atoms with Crippen LogP contribution in [0.1, 0.15) is 11.3 Å². The summed E-state index contributed by atoms with van der Waals surface area (Å²) >= 11 is 0. The van der Waals surface area contributed by atoms with Gasteiger partial charge in [0, 0.05) is 48.1 Å². The van der Waals surface area contributed by atoms with Gasteiger partial charge in [0.1, 0.15) is 0 Å². The molecule has 0 spiro atoms. The summed E-state index contributed by atoms with van der Waals surface area (Å²) in [6, 6.07) is 11.9. The summed E-state index contributed by atoms with van der Waals surface area (Å²) < 4.78 is 1.64. The topological polar surface area (TPSA) is 49.8 Å². The second-order valence-electron chi connectivity index (χ2n) is 5.32. The Balaban J connectivity index is 1.70. The lowest BCUT2D eigenvalue weighted by Crippen LogP contribution is -2.19. The molecule has 2 heterocycles. The molecule has 0 aliphatic carbocycles. The molecule has 0 bridgehead atoms. The van der Waals surface area contributed by atoms with Gasteiger partial charge in [-0.25, -0.2) is 0 Å². The lowest BCUT2D eigenvalue weighted by atomic mass is 10.1. The van der Waals surface area contributed by atoms with Gasteiger partial charge in [-0.2, -0.15) is 0 Å². The lowest BCUT2D eigenvalue weighted by Gasteiger charge is -2.09. The number of aromatic nitrogens is 2. The maximum atomic E-state index is 11.7. The quantitative estimate of drug-likeness (QED) is 0.772. The van der Waals surface area contributed by atoms with E-state index in [1.165, 1.54) is 10.9 Å². The third-order valence-electron chi connectivity index (χ3n) is 3.90. The van der Waals surface area contributed by atoms with E-state index >= 15 is 0 Å². The first-order valence-corrected chi connectivity index (χ1v) is 7.12. The van der Waals surface area contributed by atoms with Gasteiger partial charge in [0.05, 0.1) is 0 Å². The summed E-state index contributed by atoms with van der Waals surface area (Å²) in [7, 11) is 1.79. The van der Waals surface area contributed by atoms with Crippen LogP contribution < -0.4 is 10.9 Å². The highest BCUT2D eigenvalue weighted by Gasteiger charge is 2.03. The van der Waals surface area contributed by atoms with Crippen LogP contribution >= 0.6 is 0 Å². The van der Waals surface area contributed by atoms with Crippen LogP contribution in [-0.2, 0) is 13.5 Å². The summed E-state index contributed by atoms with van der Waals surface area (Å²) in [6.07, 6.45) is 2.97. The number of pyridine rings is 1. The molecule has 108 valence electrons. The molecule has 0 unspecified atom stereocenters. The van der Waals surface area contributed by atoms with Crippen molar-refractivity contribution < 1.29 is 0 Å². The normalized spacial score (nSPS) is 11.0. The van der Waals surface area contributed by atoms with Gasteiger partial charge in [0.15, 0.2) is 0 Å². The fourth-order valence-corrected chi connectivity index (χ4v) is 2.55. The molecule has 4 heteroatoms. The maximum Gasteiger partial charge on any atom is 0.252 e. The van der Waals surface area contributed by atoms with E-state index in [2.05, 4.69) is 34.7 Å². The number of nitrogens with zero attached hydrogens (tertiary/aromatic N) is 1. The number of benzene rings is 1. The molecular formula is C17H19N3O. The first-order valence-electron chi connectivity index (χ1n) is 7.12. The molecule has 0 saturated carbocycles. The first-order chi connectivity index (χ1) is 10.1. The standard InChI is InChI=1S/C17H19N3O/c1-12-9-14(10-17(21)20(12)2)18-8-7-13-11-19-16-6-4-3-5-15(13)16/h3-6,9-11,18-19H,7-8H2,1-2H3. The van der Waals surface area contributed by atoms with Crippen LogP contribution in [0, 0.1) is 6.92 Å². The van der Waals surface area contributed by atoms with Crippen molar-refractivity contribution in [3.05, 3.63) is 64.2 Å². The minimum atomic E-state index is 0.0181. The Labute approximate surface area is 123 Å². The summed E-state index contributed by atoms with van der Waals surface area (Å²) in [5.41, 5.74) is 4.31. The number of aromatic amines is 1. The molecule has 3 rings (SSSR count).